The Kier molecular flexibility index (Phi) is 3.65. The number of rotatable bonds is 7. The molecule has 3 unspecified atom stereocenters. The van der Waals surface area contributed by atoms with Crippen molar-refractivity contribution in [2.24, 2.45) is 11.3 Å². The number of ether oxygens (including phenoxy) is 1. The zero-order valence-corrected chi connectivity index (χ0v) is 11.5. The maximum atomic E-state index is 9.19. The molecule has 3 atom stereocenters. The van der Waals surface area contributed by atoms with E-state index in [1.165, 1.54) is 38.5 Å². The van der Waals surface area contributed by atoms with Crippen molar-refractivity contribution in [2.45, 2.75) is 70.1 Å². The minimum absolute atomic E-state index is 0.322. The molecule has 3 fully saturated rings. The molecule has 0 bridgehead atoms. The molecule has 0 amide bonds. The lowest BCUT2D eigenvalue weighted by atomic mass is 9.51. The third kappa shape index (κ3) is 2.10. The lowest BCUT2D eigenvalue weighted by molar-refractivity contribution is -0.175. The van der Waals surface area contributed by atoms with E-state index in [2.05, 4.69) is 12.2 Å². The number of hydrogen-bond acceptors (Lipinski definition) is 3. The standard InChI is InChI=1S/C15H27NO2/c1-2-18-14-10-13(15(14)7-3-8-15)16-12(6-9-17)11-4-5-11/h11-14,16-17H,2-10H2,1H3. The van der Waals surface area contributed by atoms with Gasteiger partial charge in [0.1, 0.15) is 0 Å². The van der Waals surface area contributed by atoms with E-state index in [0.717, 1.165) is 18.9 Å². The molecule has 0 saturated heterocycles. The van der Waals surface area contributed by atoms with Crippen LogP contribution in [0.5, 0.6) is 0 Å². The Morgan fingerprint density at radius 2 is 2.17 bits per heavy atom. The van der Waals surface area contributed by atoms with Crippen LogP contribution in [0.15, 0.2) is 0 Å². The van der Waals surface area contributed by atoms with Crippen LogP contribution in [0.2, 0.25) is 0 Å². The smallest absolute Gasteiger partial charge is 0.0661 e. The van der Waals surface area contributed by atoms with Crippen molar-refractivity contribution >= 4 is 0 Å². The van der Waals surface area contributed by atoms with E-state index >= 15 is 0 Å². The topological polar surface area (TPSA) is 41.5 Å². The van der Waals surface area contributed by atoms with Gasteiger partial charge in [-0.1, -0.05) is 6.42 Å². The van der Waals surface area contributed by atoms with E-state index in [1.807, 2.05) is 0 Å². The van der Waals surface area contributed by atoms with Gasteiger partial charge in [0.25, 0.3) is 0 Å². The van der Waals surface area contributed by atoms with Crippen LogP contribution in [0, 0.1) is 11.3 Å². The van der Waals surface area contributed by atoms with Crippen LogP contribution < -0.4 is 5.32 Å². The number of aliphatic hydroxyl groups is 1. The van der Waals surface area contributed by atoms with Crippen molar-refractivity contribution < 1.29 is 9.84 Å². The lowest BCUT2D eigenvalue weighted by Gasteiger charge is -2.62. The second-order valence-electron chi connectivity index (χ2n) is 6.44. The van der Waals surface area contributed by atoms with Crippen LogP contribution in [0.1, 0.15) is 51.9 Å². The summed E-state index contributed by atoms with van der Waals surface area (Å²) in [6.07, 6.45) is 9.37. The van der Waals surface area contributed by atoms with Gasteiger partial charge in [0.2, 0.25) is 0 Å². The Hall–Kier alpha value is -0.120. The Bertz CT molecular complexity index is 286. The Morgan fingerprint density at radius 3 is 2.67 bits per heavy atom. The second kappa shape index (κ2) is 5.10. The second-order valence-corrected chi connectivity index (χ2v) is 6.44. The molecule has 3 aliphatic carbocycles. The molecule has 3 nitrogen and oxygen atoms in total. The molecule has 0 radical (unpaired) electrons. The van der Waals surface area contributed by atoms with Gasteiger partial charge in [-0.2, -0.15) is 0 Å². The molecule has 3 heteroatoms. The number of nitrogens with one attached hydrogen (secondary N) is 1. The molecule has 0 heterocycles. The van der Waals surface area contributed by atoms with Crippen LogP contribution in [-0.2, 0) is 4.74 Å². The number of hydrogen-bond donors (Lipinski definition) is 2. The SMILES string of the molecule is CCOC1CC(NC(CCO)C2CC2)C12CCC2. The van der Waals surface area contributed by atoms with Crippen molar-refractivity contribution in [1.82, 2.24) is 5.32 Å². The summed E-state index contributed by atoms with van der Waals surface area (Å²) in [5.41, 5.74) is 0.457. The molecule has 0 aromatic rings. The van der Waals surface area contributed by atoms with Gasteiger partial charge in [0.15, 0.2) is 0 Å². The summed E-state index contributed by atoms with van der Waals surface area (Å²) in [6.45, 7) is 3.27. The van der Waals surface area contributed by atoms with Crippen molar-refractivity contribution in [3.05, 3.63) is 0 Å². The fraction of sp³-hybridized carbons (Fsp3) is 1.00. The lowest BCUT2D eigenvalue weighted by Crippen LogP contribution is -2.68. The van der Waals surface area contributed by atoms with Gasteiger partial charge < -0.3 is 15.2 Å². The van der Waals surface area contributed by atoms with E-state index < -0.39 is 0 Å². The van der Waals surface area contributed by atoms with E-state index in [0.29, 0.717) is 30.2 Å². The summed E-state index contributed by atoms with van der Waals surface area (Å²) in [7, 11) is 0. The summed E-state index contributed by atoms with van der Waals surface area (Å²) >= 11 is 0. The van der Waals surface area contributed by atoms with Crippen LogP contribution in [0.25, 0.3) is 0 Å². The largest absolute Gasteiger partial charge is 0.396 e. The average molecular weight is 253 g/mol. The zero-order chi connectivity index (χ0) is 12.6. The maximum Gasteiger partial charge on any atom is 0.0661 e. The molecule has 3 aliphatic rings. The van der Waals surface area contributed by atoms with Crippen LogP contribution >= 0.6 is 0 Å². The quantitative estimate of drug-likeness (QED) is 0.730. The van der Waals surface area contributed by atoms with E-state index in [-0.39, 0.29) is 0 Å². The molecule has 0 aromatic carbocycles. The Labute approximate surface area is 110 Å². The van der Waals surface area contributed by atoms with Gasteiger partial charge in [0.05, 0.1) is 6.10 Å². The normalized spacial score (nSPS) is 35.0. The first-order chi connectivity index (χ1) is 8.80. The summed E-state index contributed by atoms with van der Waals surface area (Å²) in [5, 5.41) is 13.0. The predicted octanol–water partition coefficient (Wildman–Crippen LogP) is 2.08. The van der Waals surface area contributed by atoms with Crippen molar-refractivity contribution in [3.8, 4) is 0 Å². The molecular formula is C15H27NO2. The molecule has 0 aliphatic heterocycles. The van der Waals surface area contributed by atoms with Gasteiger partial charge >= 0.3 is 0 Å². The highest BCUT2D eigenvalue weighted by atomic mass is 16.5. The minimum atomic E-state index is 0.322. The first-order valence-corrected chi connectivity index (χ1v) is 7.78. The fourth-order valence-corrected chi connectivity index (χ4v) is 4.02. The summed E-state index contributed by atoms with van der Waals surface area (Å²) in [6, 6.07) is 1.21. The molecule has 18 heavy (non-hydrogen) atoms. The Balaban J connectivity index is 1.56. The highest BCUT2D eigenvalue weighted by Gasteiger charge is 2.59. The maximum absolute atomic E-state index is 9.19. The minimum Gasteiger partial charge on any atom is -0.396 e. The highest BCUT2D eigenvalue weighted by Crippen LogP contribution is 2.57. The van der Waals surface area contributed by atoms with Crippen molar-refractivity contribution in [1.29, 1.82) is 0 Å². The van der Waals surface area contributed by atoms with Gasteiger partial charge in [-0.25, -0.2) is 0 Å². The first kappa shape index (κ1) is 12.9. The summed E-state index contributed by atoms with van der Waals surface area (Å²) < 4.78 is 5.89. The molecule has 3 saturated carbocycles. The Morgan fingerprint density at radius 1 is 1.39 bits per heavy atom. The average Bonchev–Trinajstić information content (AvgIpc) is 3.07. The third-order valence-corrected chi connectivity index (χ3v) is 5.48. The van der Waals surface area contributed by atoms with Crippen LogP contribution in [0.4, 0.5) is 0 Å². The van der Waals surface area contributed by atoms with E-state index in [4.69, 9.17) is 4.74 Å². The van der Waals surface area contributed by atoms with Crippen molar-refractivity contribution in [2.75, 3.05) is 13.2 Å². The number of aliphatic hydroxyl groups excluding tert-OH is 1. The van der Waals surface area contributed by atoms with E-state index in [1.54, 1.807) is 0 Å². The molecular weight excluding hydrogens is 226 g/mol. The third-order valence-electron chi connectivity index (χ3n) is 5.48. The molecule has 1 spiro atoms. The fourth-order valence-electron chi connectivity index (χ4n) is 4.02. The predicted molar refractivity (Wildman–Crippen MR) is 71.5 cm³/mol. The van der Waals surface area contributed by atoms with Gasteiger partial charge in [0, 0.05) is 30.7 Å². The zero-order valence-electron chi connectivity index (χ0n) is 11.5. The molecule has 2 N–H and O–H groups in total. The monoisotopic (exact) mass is 253 g/mol. The van der Waals surface area contributed by atoms with Crippen LogP contribution in [-0.4, -0.2) is 36.5 Å². The summed E-state index contributed by atoms with van der Waals surface area (Å²) in [5.74, 6) is 0.834. The van der Waals surface area contributed by atoms with Crippen molar-refractivity contribution in [3.63, 3.8) is 0 Å². The van der Waals surface area contributed by atoms with Gasteiger partial charge in [-0.05, 0) is 51.4 Å². The summed E-state index contributed by atoms with van der Waals surface area (Å²) in [4.78, 5) is 0. The molecule has 104 valence electrons. The van der Waals surface area contributed by atoms with Gasteiger partial charge in [-0.3, -0.25) is 0 Å². The van der Waals surface area contributed by atoms with Gasteiger partial charge in [-0.15, -0.1) is 0 Å². The molecule has 3 rings (SSSR count). The first-order valence-electron chi connectivity index (χ1n) is 7.78. The van der Waals surface area contributed by atoms with Crippen LogP contribution in [0.3, 0.4) is 0 Å². The molecule has 0 aromatic heterocycles. The highest BCUT2D eigenvalue weighted by molar-refractivity contribution is 5.13. The van der Waals surface area contributed by atoms with E-state index in [9.17, 15) is 5.11 Å².